The molecule has 0 saturated carbocycles. The van der Waals surface area contributed by atoms with Crippen LogP contribution >= 0.6 is 58.5 Å². The summed E-state index contributed by atoms with van der Waals surface area (Å²) in [6.07, 6.45) is 0.931. The number of fused-ring (bicyclic) bond motifs is 1. The van der Waals surface area contributed by atoms with E-state index in [1.54, 1.807) is 18.4 Å². The van der Waals surface area contributed by atoms with E-state index in [-0.39, 0.29) is 36.4 Å². The minimum Gasteiger partial charge on any atom is -0.351 e. The second-order valence-corrected chi connectivity index (χ2v) is 7.81. The summed E-state index contributed by atoms with van der Waals surface area (Å²) in [5, 5.41) is 9.34. The molecule has 2 aromatic rings. The molecule has 1 aliphatic heterocycles. The molecule has 0 aliphatic carbocycles. The summed E-state index contributed by atoms with van der Waals surface area (Å²) >= 11 is 13.9. The lowest BCUT2D eigenvalue weighted by atomic mass is 10.1. The van der Waals surface area contributed by atoms with Crippen molar-refractivity contribution in [3.05, 3.63) is 43.8 Å². The van der Waals surface area contributed by atoms with E-state index < -0.39 is 0 Å². The maximum atomic E-state index is 12.5. The van der Waals surface area contributed by atoms with Gasteiger partial charge in [0, 0.05) is 37.8 Å². The smallest absolute Gasteiger partial charge is 0.242 e. The zero-order valence-corrected chi connectivity index (χ0v) is 19.7. The van der Waals surface area contributed by atoms with Gasteiger partial charge in [0.05, 0.1) is 18.1 Å². The van der Waals surface area contributed by atoms with Gasteiger partial charge >= 0.3 is 0 Å². The molecule has 2 aromatic heterocycles. The number of thiophene rings is 1. The minimum atomic E-state index is 0. The Labute approximate surface area is 189 Å². The number of halogens is 3. The minimum absolute atomic E-state index is 0. The van der Waals surface area contributed by atoms with Crippen molar-refractivity contribution >= 4 is 70.4 Å². The van der Waals surface area contributed by atoms with Crippen molar-refractivity contribution in [2.75, 3.05) is 20.1 Å². The number of nitrogens with one attached hydrogen (secondary N) is 2. The lowest BCUT2D eigenvalue weighted by Gasteiger charge is -2.27. The van der Waals surface area contributed by atoms with E-state index in [9.17, 15) is 4.79 Å². The molecule has 3 rings (SSSR count). The fourth-order valence-electron chi connectivity index (χ4n) is 2.89. The van der Waals surface area contributed by atoms with Crippen molar-refractivity contribution in [3.8, 4) is 0 Å². The van der Waals surface area contributed by atoms with Crippen LogP contribution in [0.5, 0.6) is 0 Å². The van der Waals surface area contributed by atoms with Crippen LogP contribution in [0, 0.1) is 0 Å². The van der Waals surface area contributed by atoms with E-state index in [4.69, 9.17) is 23.2 Å². The van der Waals surface area contributed by atoms with Crippen LogP contribution in [0.1, 0.15) is 16.1 Å². The zero-order chi connectivity index (χ0) is 18.7. The molecule has 0 saturated heterocycles. The van der Waals surface area contributed by atoms with Crippen LogP contribution in [0.4, 0.5) is 0 Å². The van der Waals surface area contributed by atoms with Crippen LogP contribution in [0.25, 0.3) is 0 Å². The summed E-state index contributed by atoms with van der Waals surface area (Å²) < 4.78 is 1.81. The maximum Gasteiger partial charge on any atom is 0.242 e. The van der Waals surface area contributed by atoms with E-state index in [0.717, 1.165) is 18.7 Å². The quantitative estimate of drug-likeness (QED) is 0.355. The molecule has 1 amide bonds. The van der Waals surface area contributed by atoms with Crippen LogP contribution in [0.3, 0.4) is 0 Å². The number of guanidine groups is 1. The van der Waals surface area contributed by atoms with Gasteiger partial charge in [-0.05, 0) is 29.5 Å². The molecule has 10 heteroatoms. The van der Waals surface area contributed by atoms with Crippen molar-refractivity contribution in [1.82, 2.24) is 20.1 Å². The first-order chi connectivity index (χ1) is 12.5. The monoisotopic (exact) mass is 541 g/mol. The highest BCUT2D eigenvalue weighted by molar-refractivity contribution is 14.0. The van der Waals surface area contributed by atoms with Gasteiger partial charge in [-0.1, -0.05) is 23.2 Å². The molecule has 3 heterocycles. The third-order valence-corrected chi connectivity index (χ3v) is 6.31. The summed E-state index contributed by atoms with van der Waals surface area (Å²) in [5.74, 6) is 0.620. The van der Waals surface area contributed by atoms with E-state index in [1.807, 2.05) is 22.6 Å². The van der Waals surface area contributed by atoms with Gasteiger partial charge in [0.25, 0.3) is 0 Å². The van der Waals surface area contributed by atoms with Crippen molar-refractivity contribution in [2.45, 2.75) is 19.5 Å². The molecule has 148 valence electrons. The Morgan fingerprint density at radius 2 is 2.15 bits per heavy atom. The molecule has 0 aromatic carbocycles. The molecule has 27 heavy (non-hydrogen) atoms. The number of amides is 1. The Hall–Kier alpha value is -0.970. The summed E-state index contributed by atoms with van der Waals surface area (Å²) in [4.78, 5) is 19.9. The highest BCUT2D eigenvalue weighted by Crippen LogP contribution is 2.25. The van der Waals surface area contributed by atoms with Gasteiger partial charge in [0.15, 0.2) is 5.96 Å². The predicted octanol–water partition coefficient (Wildman–Crippen LogP) is 3.26. The van der Waals surface area contributed by atoms with Gasteiger partial charge in [0.1, 0.15) is 5.15 Å². The van der Waals surface area contributed by atoms with E-state index in [2.05, 4.69) is 27.1 Å². The molecule has 6 nitrogen and oxygen atoms in total. The van der Waals surface area contributed by atoms with Crippen molar-refractivity contribution in [1.29, 1.82) is 0 Å². The average molecular weight is 542 g/mol. The molecular weight excluding hydrogens is 520 g/mol. The van der Waals surface area contributed by atoms with Crippen molar-refractivity contribution in [2.24, 2.45) is 12.0 Å². The fourth-order valence-corrected chi connectivity index (χ4v) is 4.19. The topological polar surface area (TPSA) is 61.7 Å². The van der Waals surface area contributed by atoms with Crippen LogP contribution in [-0.4, -0.2) is 41.5 Å². The molecule has 1 aliphatic rings. The van der Waals surface area contributed by atoms with Gasteiger partial charge in [-0.2, -0.15) is 0 Å². The first-order valence-electron chi connectivity index (χ1n) is 8.26. The van der Waals surface area contributed by atoms with Crippen molar-refractivity contribution in [3.63, 3.8) is 0 Å². The largest absolute Gasteiger partial charge is 0.351 e. The molecule has 0 unspecified atom stereocenters. The van der Waals surface area contributed by atoms with Crippen molar-refractivity contribution < 1.29 is 4.79 Å². The van der Waals surface area contributed by atoms with E-state index in [0.29, 0.717) is 29.2 Å². The Bertz CT molecular complexity index is 835. The number of rotatable bonds is 4. The highest BCUT2D eigenvalue weighted by atomic mass is 127. The van der Waals surface area contributed by atoms with Gasteiger partial charge in [-0.15, -0.1) is 35.3 Å². The standard InChI is InChI=1S/C17H21Cl2N5OS.HI/c1-20-17(21-8-12-7-13(18)16(19)23(12)2)22-9-15(25)24-5-3-14-11(10-24)4-6-26-14;/h4,6-7H,3,5,8-10H2,1-2H3,(H2,20,21,22);1H. The molecule has 0 spiro atoms. The first kappa shape index (κ1) is 22.3. The molecule has 0 atom stereocenters. The number of hydrogen-bond acceptors (Lipinski definition) is 3. The van der Waals surface area contributed by atoms with Crippen LogP contribution in [-0.2, 0) is 31.4 Å². The third kappa shape index (κ3) is 5.30. The van der Waals surface area contributed by atoms with Crippen LogP contribution in [0.2, 0.25) is 10.2 Å². The number of aliphatic imine (C=N–C) groups is 1. The number of carbonyl (C=O) groups excluding carboxylic acids is 1. The van der Waals surface area contributed by atoms with Gasteiger partial charge in [-0.3, -0.25) is 9.79 Å². The number of carbonyl (C=O) groups is 1. The lowest BCUT2D eigenvalue weighted by molar-refractivity contribution is -0.130. The second kappa shape index (κ2) is 9.99. The summed E-state index contributed by atoms with van der Waals surface area (Å²) in [7, 11) is 3.52. The second-order valence-electron chi connectivity index (χ2n) is 6.05. The number of aromatic nitrogens is 1. The Kier molecular flexibility index (Phi) is 8.26. The Balaban J connectivity index is 0.00000261. The van der Waals surface area contributed by atoms with Crippen LogP contribution < -0.4 is 10.6 Å². The first-order valence-corrected chi connectivity index (χ1v) is 9.90. The molecule has 0 radical (unpaired) electrons. The summed E-state index contributed by atoms with van der Waals surface area (Å²) in [5.41, 5.74) is 2.19. The summed E-state index contributed by atoms with van der Waals surface area (Å²) in [6.45, 7) is 2.15. The van der Waals surface area contributed by atoms with Gasteiger partial charge in [-0.25, -0.2) is 0 Å². The van der Waals surface area contributed by atoms with E-state index in [1.165, 1.54) is 10.4 Å². The highest BCUT2D eigenvalue weighted by Gasteiger charge is 2.21. The Morgan fingerprint density at radius 3 is 2.81 bits per heavy atom. The molecular formula is C17H22Cl2IN5OS. The average Bonchev–Trinajstić information content (AvgIpc) is 3.21. The van der Waals surface area contributed by atoms with Crippen LogP contribution in [0.15, 0.2) is 22.5 Å². The van der Waals surface area contributed by atoms with Gasteiger partial charge < -0.3 is 20.1 Å². The van der Waals surface area contributed by atoms with E-state index >= 15 is 0 Å². The normalized spacial score (nSPS) is 13.8. The zero-order valence-electron chi connectivity index (χ0n) is 15.1. The number of nitrogens with zero attached hydrogens (tertiary/aromatic N) is 3. The molecule has 0 fully saturated rings. The number of hydrogen-bond donors (Lipinski definition) is 2. The fraction of sp³-hybridized carbons (Fsp3) is 0.412. The van der Waals surface area contributed by atoms with Gasteiger partial charge in [0.2, 0.25) is 5.91 Å². The maximum absolute atomic E-state index is 12.5. The SMILES string of the molecule is CN=C(NCC(=O)N1CCc2sccc2C1)NCc1cc(Cl)c(Cl)n1C.I. The third-order valence-electron chi connectivity index (χ3n) is 4.44. The molecule has 0 bridgehead atoms. The molecule has 2 N–H and O–H groups in total. The summed E-state index contributed by atoms with van der Waals surface area (Å²) in [6, 6.07) is 3.91. The lowest BCUT2D eigenvalue weighted by Crippen LogP contribution is -2.45. The predicted molar refractivity (Wildman–Crippen MR) is 122 cm³/mol. The Morgan fingerprint density at radius 1 is 1.37 bits per heavy atom.